The molecule has 1 saturated heterocycles. The first-order valence-electron chi connectivity index (χ1n) is 8.84. The molecule has 0 radical (unpaired) electrons. The zero-order valence-corrected chi connectivity index (χ0v) is 13.5. The number of carboxylic acids is 1. The number of nitrogens with two attached hydrogens (primary N) is 1. The van der Waals surface area contributed by atoms with Crippen molar-refractivity contribution in [3.63, 3.8) is 0 Å². The molecule has 0 aromatic heterocycles. The molecule has 1 unspecified atom stereocenters. The van der Waals surface area contributed by atoms with Crippen LogP contribution in [-0.2, 0) is 4.79 Å². The Balaban J connectivity index is 1.88. The van der Waals surface area contributed by atoms with Gasteiger partial charge in [-0.15, -0.1) is 0 Å². The Morgan fingerprint density at radius 1 is 1.19 bits per heavy atom. The van der Waals surface area contributed by atoms with Crippen molar-refractivity contribution in [2.24, 2.45) is 11.7 Å². The zero-order chi connectivity index (χ0) is 15.3. The molecule has 2 rings (SSSR count). The van der Waals surface area contributed by atoms with E-state index >= 15 is 0 Å². The number of hydrogen-bond donors (Lipinski definition) is 2. The zero-order valence-electron chi connectivity index (χ0n) is 13.5. The summed E-state index contributed by atoms with van der Waals surface area (Å²) in [5.74, 6) is -0.651. The number of piperidine rings is 1. The standard InChI is InChI=1S/C17H32N2O2/c1-2-3-6-11-17(18,16(20)21)14-9-12-19(13-10-14)15-7-4-5-8-15/h14-15H,2-13,18H2,1H3,(H,20,21). The van der Waals surface area contributed by atoms with Crippen LogP contribution in [0.4, 0.5) is 0 Å². The predicted molar refractivity (Wildman–Crippen MR) is 85.2 cm³/mol. The van der Waals surface area contributed by atoms with Crippen molar-refractivity contribution in [3.8, 4) is 0 Å². The summed E-state index contributed by atoms with van der Waals surface area (Å²) in [5, 5.41) is 9.62. The van der Waals surface area contributed by atoms with Crippen molar-refractivity contribution in [1.82, 2.24) is 4.90 Å². The summed E-state index contributed by atoms with van der Waals surface area (Å²) >= 11 is 0. The van der Waals surface area contributed by atoms with Crippen molar-refractivity contribution in [2.45, 2.75) is 82.7 Å². The molecule has 4 nitrogen and oxygen atoms in total. The van der Waals surface area contributed by atoms with Gasteiger partial charge in [0.25, 0.3) is 0 Å². The summed E-state index contributed by atoms with van der Waals surface area (Å²) in [5.41, 5.74) is 5.33. The van der Waals surface area contributed by atoms with E-state index in [0.29, 0.717) is 6.42 Å². The minimum atomic E-state index is -1.00. The van der Waals surface area contributed by atoms with Crippen LogP contribution in [-0.4, -0.2) is 40.6 Å². The lowest BCUT2D eigenvalue weighted by Gasteiger charge is -2.42. The summed E-state index contributed by atoms with van der Waals surface area (Å²) < 4.78 is 0. The molecular formula is C17H32N2O2. The lowest BCUT2D eigenvalue weighted by molar-refractivity contribution is -0.147. The number of likely N-dealkylation sites (tertiary alicyclic amines) is 1. The molecular weight excluding hydrogens is 264 g/mol. The van der Waals surface area contributed by atoms with Gasteiger partial charge in [-0.1, -0.05) is 39.0 Å². The minimum Gasteiger partial charge on any atom is -0.480 e. The highest BCUT2D eigenvalue weighted by Crippen LogP contribution is 2.34. The number of unbranched alkanes of at least 4 members (excludes halogenated alkanes) is 2. The summed E-state index contributed by atoms with van der Waals surface area (Å²) in [6.07, 6.45) is 11.0. The van der Waals surface area contributed by atoms with E-state index in [1.807, 2.05) is 0 Å². The number of carboxylic acid groups (broad SMARTS) is 1. The molecule has 122 valence electrons. The van der Waals surface area contributed by atoms with E-state index in [1.165, 1.54) is 25.7 Å². The molecule has 1 saturated carbocycles. The molecule has 3 N–H and O–H groups in total. The fourth-order valence-corrected chi connectivity index (χ4v) is 4.20. The van der Waals surface area contributed by atoms with E-state index in [9.17, 15) is 9.90 Å². The molecule has 2 aliphatic rings. The van der Waals surface area contributed by atoms with Crippen molar-refractivity contribution in [2.75, 3.05) is 13.1 Å². The molecule has 0 spiro atoms. The fourth-order valence-electron chi connectivity index (χ4n) is 4.20. The minimum absolute atomic E-state index is 0.143. The Labute approximate surface area is 129 Å². The second-order valence-electron chi connectivity index (χ2n) is 7.05. The molecule has 1 heterocycles. The van der Waals surface area contributed by atoms with Gasteiger partial charge in [0.2, 0.25) is 0 Å². The van der Waals surface area contributed by atoms with Gasteiger partial charge in [-0.3, -0.25) is 4.79 Å². The van der Waals surface area contributed by atoms with Gasteiger partial charge < -0.3 is 15.7 Å². The highest BCUT2D eigenvalue weighted by atomic mass is 16.4. The van der Waals surface area contributed by atoms with Gasteiger partial charge in [-0.25, -0.2) is 0 Å². The van der Waals surface area contributed by atoms with E-state index in [-0.39, 0.29) is 5.92 Å². The third-order valence-electron chi connectivity index (χ3n) is 5.69. The van der Waals surface area contributed by atoms with Gasteiger partial charge in [0.15, 0.2) is 0 Å². The number of aliphatic carboxylic acids is 1. The van der Waals surface area contributed by atoms with Crippen LogP contribution in [0.1, 0.15) is 71.1 Å². The van der Waals surface area contributed by atoms with Crippen molar-refractivity contribution in [1.29, 1.82) is 0 Å². The van der Waals surface area contributed by atoms with Gasteiger partial charge in [-0.05, 0) is 51.1 Å². The van der Waals surface area contributed by atoms with Gasteiger partial charge in [0.05, 0.1) is 0 Å². The van der Waals surface area contributed by atoms with Crippen LogP contribution in [0.3, 0.4) is 0 Å². The predicted octanol–water partition coefficient (Wildman–Crippen LogP) is 3.00. The van der Waals surface area contributed by atoms with Crippen LogP contribution in [0, 0.1) is 5.92 Å². The van der Waals surface area contributed by atoms with Crippen molar-refractivity contribution < 1.29 is 9.90 Å². The van der Waals surface area contributed by atoms with Crippen LogP contribution in [0.2, 0.25) is 0 Å². The Morgan fingerprint density at radius 3 is 2.33 bits per heavy atom. The first-order chi connectivity index (χ1) is 10.1. The number of hydrogen-bond acceptors (Lipinski definition) is 3. The summed E-state index contributed by atoms with van der Waals surface area (Å²) in [7, 11) is 0. The molecule has 21 heavy (non-hydrogen) atoms. The summed E-state index contributed by atoms with van der Waals surface area (Å²) in [6, 6.07) is 0.753. The molecule has 1 aliphatic heterocycles. The molecule has 0 bridgehead atoms. The Bertz CT molecular complexity index is 334. The Hall–Kier alpha value is -0.610. The van der Waals surface area contributed by atoms with Gasteiger partial charge in [0, 0.05) is 6.04 Å². The van der Waals surface area contributed by atoms with Crippen LogP contribution < -0.4 is 5.73 Å². The molecule has 4 heteroatoms. The third kappa shape index (κ3) is 3.98. The maximum atomic E-state index is 11.7. The molecule has 0 aromatic rings. The summed E-state index contributed by atoms with van der Waals surface area (Å²) in [4.78, 5) is 14.3. The largest absolute Gasteiger partial charge is 0.480 e. The lowest BCUT2D eigenvalue weighted by Crippen LogP contribution is -2.57. The topological polar surface area (TPSA) is 66.6 Å². The maximum Gasteiger partial charge on any atom is 0.323 e. The average molecular weight is 296 g/mol. The number of nitrogens with zero attached hydrogens (tertiary/aromatic N) is 1. The van der Waals surface area contributed by atoms with Crippen LogP contribution in [0.25, 0.3) is 0 Å². The van der Waals surface area contributed by atoms with Crippen LogP contribution in [0.5, 0.6) is 0 Å². The second kappa shape index (κ2) is 7.59. The van der Waals surface area contributed by atoms with E-state index in [1.54, 1.807) is 0 Å². The van der Waals surface area contributed by atoms with Crippen LogP contribution >= 0.6 is 0 Å². The molecule has 1 aliphatic carbocycles. The van der Waals surface area contributed by atoms with Crippen molar-refractivity contribution in [3.05, 3.63) is 0 Å². The van der Waals surface area contributed by atoms with Crippen LogP contribution in [0.15, 0.2) is 0 Å². The molecule has 1 atom stereocenters. The smallest absolute Gasteiger partial charge is 0.323 e. The highest BCUT2D eigenvalue weighted by molar-refractivity contribution is 5.79. The van der Waals surface area contributed by atoms with Gasteiger partial charge in [-0.2, -0.15) is 0 Å². The SMILES string of the molecule is CCCCCC(N)(C(=O)O)C1CCN(C2CCCC2)CC1. The average Bonchev–Trinajstić information content (AvgIpc) is 3.01. The van der Waals surface area contributed by atoms with E-state index < -0.39 is 11.5 Å². The van der Waals surface area contributed by atoms with E-state index in [0.717, 1.165) is 51.2 Å². The van der Waals surface area contributed by atoms with Gasteiger partial charge in [0.1, 0.15) is 5.54 Å². The van der Waals surface area contributed by atoms with Gasteiger partial charge >= 0.3 is 5.97 Å². The monoisotopic (exact) mass is 296 g/mol. The van der Waals surface area contributed by atoms with E-state index in [4.69, 9.17) is 5.73 Å². The van der Waals surface area contributed by atoms with Crippen molar-refractivity contribution >= 4 is 5.97 Å². The molecule has 2 fully saturated rings. The number of rotatable bonds is 7. The molecule has 0 amide bonds. The highest BCUT2D eigenvalue weighted by Gasteiger charge is 2.43. The first-order valence-corrected chi connectivity index (χ1v) is 8.84. The summed E-state index contributed by atoms with van der Waals surface area (Å²) in [6.45, 7) is 4.21. The Morgan fingerprint density at radius 2 is 1.81 bits per heavy atom. The second-order valence-corrected chi connectivity index (χ2v) is 7.05. The van der Waals surface area contributed by atoms with E-state index in [2.05, 4.69) is 11.8 Å². The number of carbonyl (C=O) groups is 1. The fraction of sp³-hybridized carbons (Fsp3) is 0.941. The molecule has 0 aromatic carbocycles. The normalized spacial score (nSPS) is 25.0. The quantitative estimate of drug-likeness (QED) is 0.709. The Kier molecular flexibility index (Phi) is 6.06. The lowest BCUT2D eigenvalue weighted by atomic mass is 9.75. The maximum absolute atomic E-state index is 11.7. The first kappa shape index (κ1) is 16.8. The third-order valence-corrected chi connectivity index (χ3v) is 5.69.